The quantitative estimate of drug-likeness (QED) is 0.275. The van der Waals surface area contributed by atoms with Gasteiger partial charge >= 0.3 is 11.9 Å². The molecule has 0 spiro atoms. The molecular formula is C25H32O5. The van der Waals surface area contributed by atoms with Gasteiger partial charge in [-0.1, -0.05) is 62.7 Å². The highest BCUT2D eigenvalue weighted by molar-refractivity contribution is 5.71. The summed E-state index contributed by atoms with van der Waals surface area (Å²) in [5, 5.41) is 0. The molecule has 162 valence electrons. The van der Waals surface area contributed by atoms with E-state index >= 15 is 0 Å². The zero-order chi connectivity index (χ0) is 21.9. The topological polar surface area (TPSA) is 61.8 Å². The molecule has 0 bridgehead atoms. The Hall–Kier alpha value is -2.82. The Bertz CT molecular complexity index is 800. The van der Waals surface area contributed by atoms with Gasteiger partial charge in [0.2, 0.25) is 6.29 Å². The average molecular weight is 413 g/mol. The van der Waals surface area contributed by atoms with E-state index in [1.165, 1.54) is 13.8 Å². The molecule has 2 rings (SSSR count). The molecule has 0 aliphatic rings. The minimum absolute atomic E-state index is 0.129. The van der Waals surface area contributed by atoms with Gasteiger partial charge in [-0.05, 0) is 36.5 Å². The number of carbonyl (C=O) groups excluding carboxylic acids is 2. The molecule has 1 atom stereocenters. The van der Waals surface area contributed by atoms with Crippen molar-refractivity contribution in [2.45, 2.75) is 59.7 Å². The van der Waals surface area contributed by atoms with Crippen LogP contribution in [0.15, 0.2) is 48.5 Å². The molecule has 0 heterocycles. The zero-order valence-electron chi connectivity index (χ0n) is 18.4. The first-order chi connectivity index (χ1) is 14.4. The van der Waals surface area contributed by atoms with Crippen LogP contribution in [0.1, 0.15) is 52.5 Å². The fraction of sp³-hybridized carbons (Fsp3) is 0.440. The van der Waals surface area contributed by atoms with Gasteiger partial charge in [-0.2, -0.15) is 0 Å². The molecule has 0 saturated heterocycles. The van der Waals surface area contributed by atoms with Gasteiger partial charge in [0.25, 0.3) is 0 Å². The van der Waals surface area contributed by atoms with Crippen molar-refractivity contribution >= 4 is 11.9 Å². The molecule has 0 aromatic heterocycles. The normalized spacial score (nSPS) is 11.8. The maximum atomic E-state index is 11.3. The number of hydrogen-bond donors (Lipinski definition) is 0. The highest BCUT2D eigenvalue weighted by atomic mass is 16.7. The SMILES string of the molecule is CCCCOc1cc(CCC(C)C(OC(C)=O)OC(C)=O)ccc1-c1ccccc1. The van der Waals surface area contributed by atoms with Gasteiger partial charge in [0, 0.05) is 25.3 Å². The molecule has 0 radical (unpaired) electrons. The Balaban J connectivity index is 2.13. The standard InChI is InChI=1S/C25H32O5/c1-5-6-16-28-24-17-21(14-15-23(24)22-10-8-7-9-11-22)13-12-18(2)25(29-19(3)26)30-20(4)27/h7-11,14-15,17-18,25H,5-6,12-13,16H2,1-4H3. The number of unbranched alkanes of at least 4 members (excludes halogenated alkanes) is 1. The fourth-order valence-electron chi connectivity index (χ4n) is 3.14. The van der Waals surface area contributed by atoms with E-state index < -0.39 is 18.2 Å². The molecule has 5 nitrogen and oxygen atoms in total. The molecule has 2 aromatic rings. The summed E-state index contributed by atoms with van der Waals surface area (Å²) in [6.45, 7) is 7.35. The van der Waals surface area contributed by atoms with Crippen LogP contribution in [0.3, 0.4) is 0 Å². The fourth-order valence-corrected chi connectivity index (χ4v) is 3.14. The zero-order valence-corrected chi connectivity index (χ0v) is 18.4. The van der Waals surface area contributed by atoms with Crippen molar-refractivity contribution in [3.05, 3.63) is 54.1 Å². The smallest absolute Gasteiger partial charge is 0.305 e. The van der Waals surface area contributed by atoms with Crippen LogP contribution in [0, 0.1) is 5.92 Å². The predicted octanol–water partition coefficient (Wildman–Crippen LogP) is 5.55. The number of ether oxygens (including phenoxy) is 3. The third-order valence-corrected chi connectivity index (χ3v) is 4.80. The summed E-state index contributed by atoms with van der Waals surface area (Å²) in [5.41, 5.74) is 3.31. The van der Waals surface area contributed by atoms with Crippen molar-refractivity contribution in [3.8, 4) is 16.9 Å². The van der Waals surface area contributed by atoms with Crippen LogP contribution in [0.2, 0.25) is 0 Å². The third-order valence-electron chi connectivity index (χ3n) is 4.80. The van der Waals surface area contributed by atoms with E-state index in [-0.39, 0.29) is 5.92 Å². The highest BCUT2D eigenvalue weighted by Crippen LogP contribution is 2.32. The molecular weight excluding hydrogens is 380 g/mol. The minimum atomic E-state index is -0.871. The van der Waals surface area contributed by atoms with Gasteiger partial charge in [0.05, 0.1) is 6.61 Å². The lowest BCUT2D eigenvalue weighted by Gasteiger charge is -2.23. The van der Waals surface area contributed by atoms with Crippen molar-refractivity contribution in [2.24, 2.45) is 5.92 Å². The van der Waals surface area contributed by atoms with Crippen LogP contribution >= 0.6 is 0 Å². The number of aryl methyl sites for hydroxylation is 1. The summed E-state index contributed by atoms with van der Waals surface area (Å²) < 4.78 is 16.4. The van der Waals surface area contributed by atoms with Crippen molar-refractivity contribution in [2.75, 3.05) is 6.61 Å². The first-order valence-corrected chi connectivity index (χ1v) is 10.6. The van der Waals surface area contributed by atoms with Gasteiger partial charge in [-0.25, -0.2) is 0 Å². The Morgan fingerprint density at radius 2 is 1.63 bits per heavy atom. The first-order valence-electron chi connectivity index (χ1n) is 10.6. The lowest BCUT2D eigenvalue weighted by atomic mass is 9.97. The first kappa shape index (κ1) is 23.5. The second kappa shape index (κ2) is 12.0. The molecule has 5 heteroatoms. The number of esters is 2. The molecule has 0 N–H and O–H groups in total. The van der Waals surface area contributed by atoms with Crippen molar-refractivity contribution in [3.63, 3.8) is 0 Å². The van der Waals surface area contributed by atoms with Crippen LogP contribution in [0.4, 0.5) is 0 Å². The lowest BCUT2D eigenvalue weighted by molar-refractivity contribution is -0.194. The van der Waals surface area contributed by atoms with Gasteiger partial charge < -0.3 is 14.2 Å². The molecule has 0 saturated carbocycles. The predicted molar refractivity (Wildman–Crippen MR) is 117 cm³/mol. The minimum Gasteiger partial charge on any atom is -0.493 e. The van der Waals surface area contributed by atoms with Gasteiger partial charge in [-0.3, -0.25) is 9.59 Å². The Morgan fingerprint density at radius 1 is 0.967 bits per heavy atom. The highest BCUT2D eigenvalue weighted by Gasteiger charge is 2.23. The summed E-state index contributed by atoms with van der Waals surface area (Å²) in [4.78, 5) is 22.7. The largest absolute Gasteiger partial charge is 0.493 e. The molecule has 0 aliphatic heterocycles. The van der Waals surface area contributed by atoms with E-state index in [0.717, 1.165) is 41.7 Å². The molecule has 0 aliphatic carbocycles. The Kier molecular flexibility index (Phi) is 9.39. The third kappa shape index (κ3) is 7.54. The maximum Gasteiger partial charge on any atom is 0.305 e. The Morgan fingerprint density at radius 3 is 2.23 bits per heavy atom. The van der Waals surface area contributed by atoms with Crippen LogP contribution in [0.5, 0.6) is 5.75 Å². The summed E-state index contributed by atoms with van der Waals surface area (Å²) >= 11 is 0. The van der Waals surface area contributed by atoms with E-state index in [1.807, 2.05) is 25.1 Å². The summed E-state index contributed by atoms with van der Waals surface area (Å²) in [6.07, 6.45) is 2.65. The molecule has 1 unspecified atom stereocenters. The van der Waals surface area contributed by atoms with E-state index in [4.69, 9.17) is 14.2 Å². The summed E-state index contributed by atoms with van der Waals surface area (Å²) in [7, 11) is 0. The van der Waals surface area contributed by atoms with Crippen molar-refractivity contribution in [1.29, 1.82) is 0 Å². The van der Waals surface area contributed by atoms with Crippen molar-refractivity contribution in [1.82, 2.24) is 0 Å². The molecule has 2 aromatic carbocycles. The van der Waals surface area contributed by atoms with Crippen LogP contribution in [-0.2, 0) is 25.5 Å². The summed E-state index contributed by atoms with van der Waals surface area (Å²) in [5.74, 6) is -0.189. The van der Waals surface area contributed by atoms with E-state index in [9.17, 15) is 9.59 Å². The van der Waals surface area contributed by atoms with Gasteiger partial charge in [-0.15, -0.1) is 0 Å². The molecule has 0 fully saturated rings. The van der Waals surface area contributed by atoms with Crippen molar-refractivity contribution < 1.29 is 23.8 Å². The van der Waals surface area contributed by atoms with E-state index in [2.05, 4.69) is 37.3 Å². The molecule has 30 heavy (non-hydrogen) atoms. The van der Waals surface area contributed by atoms with E-state index in [1.54, 1.807) is 0 Å². The second-order valence-electron chi connectivity index (χ2n) is 7.50. The Labute approximate surface area is 179 Å². The van der Waals surface area contributed by atoms with Crippen LogP contribution < -0.4 is 4.74 Å². The van der Waals surface area contributed by atoms with Crippen LogP contribution in [0.25, 0.3) is 11.1 Å². The average Bonchev–Trinajstić information content (AvgIpc) is 2.72. The monoisotopic (exact) mass is 412 g/mol. The maximum absolute atomic E-state index is 11.3. The number of benzene rings is 2. The van der Waals surface area contributed by atoms with E-state index in [0.29, 0.717) is 13.0 Å². The second-order valence-corrected chi connectivity index (χ2v) is 7.50. The van der Waals surface area contributed by atoms with Gasteiger partial charge in [0.1, 0.15) is 5.75 Å². The van der Waals surface area contributed by atoms with Gasteiger partial charge in [0.15, 0.2) is 0 Å². The molecule has 0 amide bonds. The number of hydrogen-bond acceptors (Lipinski definition) is 5. The number of rotatable bonds is 11. The lowest BCUT2D eigenvalue weighted by Crippen LogP contribution is -2.29. The van der Waals surface area contributed by atoms with Crippen LogP contribution in [-0.4, -0.2) is 24.8 Å². The number of carbonyl (C=O) groups is 2. The summed E-state index contributed by atoms with van der Waals surface area (Å²) in [6, 6.07) is 16.5.